The Labute approximate surface area is 215 Å². The van der Waals surface area contributed by atoms with Crippen molar-refractivity contribution in [1.29, 1.82) is 0 Å². The Morgan fingerprint density at radius 1 is 0.469 bits per heavy atom. The predicted molar refractivity (Wildman–Crippen MR) is 143 cm³/mol. The molecule has 0 aromatic heterocycles. The fraction of sp³-hybridized carbons (Fsp3) is 0.968. The Kier molecular flexibility index (Phi) is 6.97. The van der Waals surface area contributed by atoms with Gasteiger partial charge < -0.3 is 0 Å². The van der Waals surface area contributed by atoms with Gasteiger partial charge in [0.2, 0.25) is 0 Å². The molecule has 1 aliphatic carbocycles. The van der Waals surface area contributed by atoms with Crippen molar-refractivity contribution in [1.82, 2.24) is 0 Å². The molecule has 1 rings (SSSR count). The van der Waals surface area contributed by atoms with Gasteiger partial charge in [0, 0.05) is 0 Å². The van der Waals surface area contributed by atoms with E-state index in [1.54, 1.807) is 23.3 Å². The van der Waals surface area contributed by atoms with E-state index in [4.69, 9.17) is 0 Å². The van der Waals surface area contributed by atoms with Gasteiger partial charge in [0.25, 0.3) is 0 Å². The average molecular weight is 617 g/mol. The second kappa shape index (κ2) is 7.30. The first kappa shape index (κ1) is 30.6. The fourth-order valence-corrected chi connectivity index (χ4v) is 9.48. The van der Waals surface area contributed by atoms with E-state index in [0.29, 0.717) is 0 Å². The number of rotatable bonds is 6. The zero-order chi connectivity index (χ0) is 26.6. The van der Waals surface area contributed by atoms with Crippen LogP contribution in [0.3, 0.4) is 0 Å². The Hall–Kier alpha value is 0.558. The molecule has 0 heterocycles. The third-order valence-corrected chi connectivity index (χ3v) is 17.4. The first-order chi connectivity index (χ1) is 13.4. The van der Waals surface area contributed by atoms with Gasteiger partial charge in [-0.15, -0.1) is 0 Å². The molecule has 1 heteroatoms. The fourth-order valence-electron chi connectivity index (χ4n) is 8.57. The summed E-state index contributed by atoms with van der Waals surface area (Å²) >= 11 is 1.62. The molecular formula is C31H60W. The molecule has 0 atom stereocenters. The van der Waals surface area contributed by atoms with E-state index in [0.717, 1.165) is 0 Å². The molecule has 32 heavy (non-hydrogen) atoms. The van der Waals surface area contributed by atoms with Crippen molar-refractivity contribution in [2.75, 3.05) is 0 Å². The first-order valence-corrected chi connectivity index (χ1v) is 14.4. The van der Waals surface area contributed by atoms with E-state index in [1.165, 1.54) is 0 Å². The van der Waals surface area contributed by atoms with Crippen molar-refractivity contribution in [3.05, 3.63) is 0 Å². The van der Waals surface area contributed by atoms with Gasteiger partial charge in [0.05, 0.1) is 0 Å². The molecule has 0 N–H and O–H groups in total. The maximum absolute atomic E-state index is 2.65. The molecule has 0 nitrogen and oxygen atoms in total. The van der Waals surface area contributed by atoms with Gasteiger partial charge in [-0.2, -0.15) is 0 Å². The van der Waals surface area contributed by atoms with Crippen LogP contribution in [0.4, 0.5) is 0 Å². The molecule has 1 fully saturated rings. The maximum atomic E-state index is 2.65. The van der Waals surface area contributed by atoms with Crippen LogP contribution in [0.25, 0.3) is 0 Å². The summed E-state index contributed by atoms with van der Waals surface area (Å²) in [6.07, 6.45) is 0. The predicted octanol–water partition coefficient (Wildman–Crippen LogP) is 9.98. The quantitative estimate of drug-likeness (QED) is 0.279. The van der Waals surface area contributed by atoms with Crippen molar-refractivity contribution in [2.45, 2.75) is 138 Å². The van der Waals surface area contributed by atoms with Crippen LogP contribution in [-0.2, 0) is 19.4 Å². The van der Waals surface area contributed by atoms with Crippen molar-refractivity contribution >= 4 is 3.90 Å². The summed E-state index contributed by atoms with van der Waals surface area (Å²) in [5, 5.41) is 0. The Balaban J connectivity index is 4.01. The molecule has 0 unspecified atom stereocenters. The van der Waals surface area contributed by atoms with Crippen molar-refractivity contribution in [2.24, 2.45) is 54.1 Å². The van der Waals surface area contributed by atoms with Crippen molar-refractivity contribution in [3.63, 3.8) is 0 Å². The van der Waals surface area contributed by atoms with Crippen LogP contribution in [-0.4, -0.2) is 3.90 Å². The summed E-state index contributed by atoms with van der Waals surface area (Å²) in [6.45, 7) is 51.1. The third kappa shape index (κ3) is 2.86. The molecule has 0 aromatic rings. The standard InChI is InChI=1S/C31H60.W/c1-21-22(2,3)23(4,5)24(6,7)25(8,9)28(14,15)31(20)29(16,17)26(10,11)27(12,13)30(31,18)19;/h1-20H3;. The van der Waals surface area contributed by atoms with Gasteiger partial charge in [-0.25, -0.2) is 0 Å². The van der Waals surface area contributed by atoms with Gasteiger partial charge in [0.1, 0.15) is 0 Å². The van der Waals surface area contributed by atoms with Gasteiger partial charge >= 0.3 is 216 Å². The summed E-state index contributed by atoms with van der Waals surface area (Å²) in [4.78, 5) is 0. The van der Waals surface area contributed by atoms with E-state index in [-0.39, 0.29) is 54.1 Å². The second-order valence-corrected chi connectivity index (χ2v) is 18.5. The molecule has 1 saturated carbocycles. The minimum atomic E-state index is 0.0867. The van der Waals surface area contributed by atoms with E-state index >= 15 is 0 Å². The molecule has 0 spiro atoms. The van der Waals surface area contributed by atoms with E-state index < -0.39 is 0 Å². The first-order valence-electron chi connectivity index (χ1n) is 13.0. The summed E-state index contributed by atoms with van der Waals surface area (Å²) < 4.78 is 1.61. The van der Waals surface area contributed by atoms with Crippen LogP contribution in [0.5, 0.6) is 0 Å². The van der Waals surface area contributed by atoms with E-state index in [1.807, 2.05) is 0 Å². The van der Waals surface area contributed by atoms with Gasteiger partial charge in [0.15, 0.2) is 0 Å². The van der Waals surface area contributed by atoms with Crippen molar-refractivity contribution in [3.8, 4) is 0 Å². The number of hydrogen-bond acceptors (Lipinski definition) is 0. The Morgan fingerprint density at radius 3 is 1.00 bits per heavy atom. The summed E-state index contributed by atoms with van der Waals surface area (Å²) in [7, 11) is 0. The molecule has 0 amide bonds. The SMILES string of the molecule is C[C](=[W])C(C)(C)C(C)(C)C(C)(C)C(C)(C)C(C)(C)C1(C)C(C)(C)C(C)(C)C(C)(C)C1(C)C. The molecular weight excluding hydrogens is 556 g/mol. The molecule has 190 valence electrons. The van der Waals surface area contributed by atoms with Gasteiger partial charge in [-0.3, -0.25) is 0 Å². The molecule has 0 bridgehead atoms. The summed E-state index contributed by atoms with van der Waals surface area (Å²) in [5.74, 6) is 0. The van der Waals surface area contributed by atoms with Gasteiger partial charge in [-0.05, 0) is 0 Å². The zero-order valence-electron chi connectivity index (χ0n) is 25.9. The monoisotopic (exact) mass is 616 g/mol. The van der Waals surface area contributed by atoms with Crippen LogP contribution < -0.4 is 0 Å². The topological polar surface area (TPSA) is 0 Å². The number of hydrogen-bond donors (Lipinski definition) is 0. The van der Waals surface area contributed by atoms with Crippen LogP contribution in [0.2, 0.25) is 0 Å². The Morgan fingerprint density at radius 2 is 0.750 bits per heavy atom. The van der Waals surface area contributed by atoms with E-state index in [9.17, 15) is 0 Å². The molecule has 0 radical (unpaired) electrons. The second-order valence-electron chi connectivity index (χ2n) is 16.3. The van der Waals surface area contributed by atoms with Crippen LogP contribution in [0, 0.1) is 54.1 Å². The minimum absolute atomic E-state index is 0.0867. The molecule has 0 aromatic carbocycles. The Bertz CT molecular complexity index is 736. The van der Waals surface area contributed by atoms with Gasteiger partial charge in [-0.1, -0.05) is 0 Å². The molecule has 0 saturated heterocycles. The van der Waals surface area contributed by atoms with Crippen LogP contribution in [0.15, 0.2) is 0 Å². The van der Waals surface area contributed by atoms with Crippen molar-refractivity contribution < 1.29 is 19.4 Å². The normalized spacial score (nSPS) is 25.0. The summed E-state index contributed by atoms with van der Waals surface area (Å²) in [5.41, 5.74) is 1.48. The zero-order valence-corrected chi connectivity index (χ0v) is 28.8. The van der Waals surface area contributed by atoms with Crippen LogP contribution in [0.1, 0.15) is 138 Å². The summed E-state index contributed by atoms with van der Waals surface area (Å²) in [6, 6.07) is 0. The van der Waals surface area contributed by atoms with Crippen LogP contribution >= 0.6 is 0 Å². The average Bonchev–Trinajstić information content (AvgIpc) is 2.63. The molecule has 1 aliphatic rings. The molecule has 0 aliphatic heterocycles. The third-order valence-electron chi connectivity index (χ3n) is 15.6. The van der Waals surface area contributed by atoms with E-state index in [2.05, 4.69) is 138 Å².